The number of benzene rings is 1. The molecule has 0 aliphatic carbocycles. The van der Waals surface area contributed by atoms with Gasteiger partial charge in [-0.15, -0.1) is 0 Å². The first-order valence-electron chi connectivity index (χ1n) is 6.34. The third kappa shape index (κ3) is 4.55. The van der Waals surface area contributed by atoms with Gasteiger partial charge < -0.3 is 19.9 Å². The number of nitrogens with two attached hydrogens (primary N) is 1. The van der Waals surface area contributed by atoms with E-state index in [-0.39, 0.29) is 12.8 Å². The minimum atomic E-state index is 0.146. The zero-order chi connectivity index (χ0) is 13.4. The van der Waals surface area contributed by atoms with Gasteiger partial charge in [0.2, 0.25) is 0 Å². The monoisotopic (exact) mass is 253 g/mol. The Morgan fingerprint density at radius 2 is 2.06 bits per heavy atom. The molecule has 0 aromatic heterocycles. The third-order valence-electron chi connectivity index (χ3n) is 2.78. The molecule has 2 N–H and O–H groups in total. The highest BCUT2D eigenvalue weighted by molar-refractivity contribution is 5.41. The van der Waals surface area contributed by atoms with Crippen LogP contribution in [0.3, 0.4) is 0 Å². The van der Waals surface area contributed by atoms with Gasteiger partial charge in [-0.05, 0) is 31.4 Å². The van der Waals surface area contributed by atoms with Crippen LogP contribution in [0, 0.1) is 0 Å². The van der Waals surface area contributed by atoms with E-state index in [0.717, 1.165) is 29.9 Å². The SMILES string of the molecule is CCOCOc1cc(OC)ccc1CC(N)CC. The van der Waals surface area contributed by atoms with Crippen LogP contribution in [0.2, 0.25) is 0 Å². The summed E-state index contributed by atoms with van der Waals surface area (Å²) in [6.07, 6.45) is 1.74. The van der Waals surface area contributed by atoms with Crippen molar-refractivity contribution in [2.24, 2.45) is 5.73 Å². The predicted molar refractivity (Wildman–Crippen MR) is 72.1 cm³/mol. The summed E-state index contributed by atoms with van der Waals surface area (Å²) in [5.74, 6) is 1.56. The van der Waals surface area contributed by atoms with Crippen LogP contribution in [-0.2, 0) is 11.2 Å². The molecule has 0 radical (unpaired) electrons. The van der Waals surface area contributed by atoms with E-state index in [9.17, 15) is 0 Å². The van der Waals surface area contributed by atoms with Gasteiger partial charge in [0.1, 0.15) is 11.5 Å². The normalized spacial score (nSPS) is 12.2. The summed E-state index contributed by atoms with van der Waals surface area (Å²) in [5.41, 5.74) is 7.07. The first kappa shape index (κ1) is 14.8. The number of hydrogen-bond acceptors (Lipinski definition) is 4. The second-order valence-corrected chi connectivity index (χ2v) is 4.10. The summed E-state index contributed by atoms with van der Waals surface area (Å²) in [6.45, 7) is 4.89. The molecule has 0 saturated heterocycles. The Morgan fingerprint density at radius 3 is 2.67 bits per heavy atom. The molecule has 1 unspecified atom stereocenters. The lowest BCUT2D eigenvalue weighted by molar-refractivity contribution is 0.0217. The summed E-state index contributed by atoms with van der Waals surface area (Å²) in [5, 5.41) is 0. The zero-order valence-corrected chi connectivity index (χ0v) is 11.4. The van der Waals surface area contributed by atoms with Crippen LogP contribution in [-0.4, -0.2) is 26.6 Å². The molecular weight excluding hydrogens is 230 g/mol. The fourth-order valence-electron chi connectivity index (χ4n) is 1.58. The predicted octanol–water partition coefficient (Wildman–Crippen LogP) is 2.35. The highest BCUT2D eigenvalue weighted by Crippen LogP contribution is 2.26. The smallest absolute Gasteiger partial charge is 0.189 e. The standard InChI is InChI=1S/C14H23NO3/c1-4-12(15)8-11-6-7-13(16-3)9-14(11)18-10-17-5-2/h6-7,9,12H,4-5,8,10,15H2,1-3H3. The molecule has 0 bridgehead atoms. The summed E-state index contributed by atoms with van der Waals surface area (Å²) >= 11 is 0. The Hall–Kier alpha value is -1.26. The minimum Gasteiger partial charge on any atom is -0.497 e. The van der Waals surface area contributed by atoms with Gasteiger partial charge in [-0.1, -0.05) is 13.0 Å². The molecule has 0 spiro atoms. The molecule has 0 saturated carbocycles. The molecule has 0 heterocycles. The van der Waals surface area contributed by atoms with Crippen LogP contribution in [0.4, 0.5) is 0 Å². The van der Waals surface area contributed by atoms with Crippen LogP contribution < -0.4 is 15.2 Å². The summed E-state index contributed by atoms with van der Waals surface area (Å²) in [6, 6.07) is 5.94. The molecule has 1 aromatic carbocycles. The Kier molecular flexibility index (Phi) is 6.54. The maximum Gasteiger partial charge on any atom is 0.189 e. The first-order chi connectivity index (χ1) is 8.71. The van der Waals surface area contributed by atoms with Crippen molar-refractivity contribution in [2.45, 2.75) is 32.7 Å². The van der Waals surface area contributed by atoms with E-state index in [4.69, 9.17) is 19.9 Å². The van der Waals surface area contributed by atoms with Gasteiger partial charge in [0, 0.05) is 18.7 Å². The second-order valence-electron chi connectivity index (χ2n) is 4.10. The van der Waals surface area contributed by atoms with E-state index in [0.29, 0.717) is 6.61 Å². The van der Waals surface area contributed by atoms with Gasteiger partial charge >= 0.3 is 0 Å². The Morgan fingerprint density at radius 1 is 1.28 bits per heavy atom. The second kappa shape index (κ2) is 7.95. The van der Waals surface area contributed by atoms with Crippen LogP contribution in [0.5, 0.6) is 11.5 Å². The Bertz CT molecular complexity index is 355. The number of hydrogen-bond donors (Lipinski definition) is 1. The molecule has 102 valence electrons. The Labute approximate surface area is 109 Å². The van der Waals surface area contributed by atoms with E-state index in [2.05, 4.69) is 6.92 Å². The van der Waals surface area contributed by atoms with Crippen LogP contribution in [0.25, 0.3) is 0 Å². The highest BCUT2D eigenvalue weighted by atomic mass is 16.7. The van der Waals surface area contributed by atoms with Gasteiger partial charge in [-0.3, -0.25) is 0 Å². The molecule has 0 fully saturated rings. The van der Waals surface area contributed by atoms with Gasteiger partial charge in [-0.25, -0.2) is 0 Å². The van der Waals surface area contributed by atoms with Crippen LogP contribution in [0.1, 0.15) is 25.8 Å². The van der Waals surface area contributed by atoms with Crippen molar-refractivity contribution in [3.63, 3.8) is 0 Å². The van der Waals surface area contributed by atoms with Gasteiger partial charge in [0.25, 0.3) is 0 Å². The van der Waals surface area contributed by atoms with Crippen molar-refractivity contribution in [3.8, 4) is 11.5 Å². The number of ether oxygens (including phenoxy) is 3. The highest BCUT2D eigenvalue weighted by Gasteiger charge is 2.09. The lowest BCUT2D eigenvalue weighted by Gasteiger charge is -2.15. The third-order valence-corrected chi connectivity index (χ3v) is 2.78. The van der Waals surface area contributed by atoms with E-state index in [1.807, 2.05) is 25.1 Å². The fourth-order valence-corrected chi connectivity index (χ4v) is 1.58. The average Bonchev–Trinajstić information content (AvgIpc) is 2.40. The fraction of sp³-hybridized carbons (Fsp3) is 0.571. The largest absolute Gasteiger partial charge is 0.497 e. The van der Waals surface area contributed by atoms with Gasteiger partial charge in [0.15, 0.2) is 6.79 Å². The molecular formula is C14H23NO3. The average molecular weight is 253 g/mol. The van der Waals surface area contributed by atoms with Gasteiger partial charge in [0.05, 0.1) is 7.11 Å². The van der Waals surface area contributed by atoms with E-state index < -0.39 is 0 Å². The summed E-state index contributed by atoms with van der Waals surface area (Å²) in [4.78, 5) is 0. The summed E-state index contributed by atoms with van der Waals surface area (Å²) < 4.78 is 16.0. The topological polar surface area (TPSA) is 53.7 Å². The maximum atomic E-state index is 5.98. The molecule has 18 heavy (non-hydrogen) atoms. The van der Waals surface area contributed by atoms with E-state index >= 15 is 0 Å². The molecule has 0 aliphatic heterocycles. The van der Waals surface area contributed by atoms with Crippen LogP contribution in [0.15, 0.2) is 18.2 Å². The van der Waals surface area contributed by atoms with Crippen molar-refractivity contribution in [1.29, 1.82) is 0 Å². The number of rotatable bonds is 8. The van der Waals surface area contributed by atoms with Crippen molar-refractivity contribution >= 4 is 0 Å². The van der Waals surface area contributed by atoms with Crippen LogP contribution >= 0.6 is 0 Å². The van der Waals surface area contributed by atoms with Crippen molar-refractivity contribution in [2.75, 3.05) is 20.5 Å². The minimum absolute atomic E-state index is 0.146. The molecule has 0 aliphatic rings. The summed E-state index contributed by atoms with van der Waals surface area (Å²) in [7, 11) is 1.64. The molecule has 1 rings (SSSR count). The Balaban J connectivity index is 2.79. The van der Waals surface area contributed by atoms with Crippen molar-refractivity contribution in [1.82, 2.24) is 0 Å². The molecule has 4 heteroatoms. The first-order valence-corrected chi connectivity index (χ1v) is 6.34. The molecule has 1 aromatic rings. The molecule has 4 nitrogen and oxygen atoms in total. The molecule has 1 atom stereocenters. The lowest BCUT2D eigenvalue weighted by Crippen LogP contribution is -2.21. The van der Waals surface area contributed by atoms with Gasteiger partial charge in [-0.2, -0.15) is 0 Å². The lowest BCUT2D eigenvalue weighted by atomic mass is 10.0. The quantitative estimate of drug-likeness (QED) is 0.571. The number of methoxy groups -OCH3 is 1. The molecule has 0 amide bonds. The van der Waals surface area contributed by atoms with E-state index in [1.165, 1.54) is 0 Å². The van der Waals surface area contributed by atoms with Crippen molar-refractivity contribution < 1.29 is 14.2 Å². The maximum absolute atomic E-state index is 5.98. The zero-order valence-electron chi connectivity index (χ0n) is 11.4. The van der Waals surface area contributed by atoms with Crippen molar-refractivity contribution in [3.05, 3.63) is 23.8 Å². The van der Waals surface area contributed by atoms with E-state index in [1.54, 1.807) is 7.11 Å².